The molecule has 1 aromatic rings. The zero-order chi connectivity index (χ0) is 18.4. The summed E-state index contributed by atoms with van der Waals surface area (Å²) >= 11 is 0. The number of ether oxygens (including phenoxy) is 2. The SMILES string of the molecule is CCOc1ccccc1C(CC(C)C)NC(=O)[C@@H]1CC[C@H](C(=O)O)O1. The van der Waals surface area contributed by atoms with Gasteiger partial charge in [-0.1, -0.05) is 32.0 Å². The summed E-state index contributed by atoms with van der Waals surface area (Å²) in [5.74, 6) is -0.153. The molecule has 1 amide bonds. The van der Waals surface area contributed by atoms with Crippen LogP contribution in [0.5, 0.6) is 5.75 Å². The minimum atomic E-state index is -1.02. The average molecular weight is 349 g/mol. The van der Waals surface area contributed by atoms with E-state index in [0.29, 0.717) is 25.4 Å². The maximum Gasteiger partial charge on any atom is 0.332 e. The summed E-state index contributed by atoms with van der Waals surface area (Å²) in [5.41, 5.74) is 0.930. The van der Waals surface area contributed by atoms with Crippen LogP contribution in [-0.2, 0) is 14.3 Å². The van der Waals surface area contributed by atoms with Crippen molar-refractivity contribution in [1.82, 2.24) is 5.32 Å². The number of carboxylic acid groups (broad SMARTS) is 1. The molecule has 0 aliphatic carbocycles. The molecule has 1 aliphatic heterocycles. The molecule has 0 radical (unpaired) electrons. The fourth-order valence-corrected chi connectivity index (χ4v) is 3.07. The molecule has 1 unspecified atom stereocenters. The Morgan fingerprint density at radius 2 is 1.96 bits per heavy atom. The van der Waals surface area contributed by atoms with Gasteiger partial charge in [-0.2, -0.15) is 0 Å². The number of para-hydroxylation sites is 1. The first-order valence-corrected chi connectivity index (χ1v) is 8.82. The number of amides is 1. The third-order valence-corrected chi connectivity index (χ3v) is 4.21. The highest BCUT2D eigenvalue weighted by Crippen LogP contribution is 2.30. The number of aliphatic carboxylic acids is 1. The predicted molar refractivity (Wildman–Crippen MR) is 93.5 cm³/mol. The smallest absolute Gasteiger partial charge is 0.332 e. The summed E-state index contributed by atoms with van der Waals surface area (Å²) in [6.45, 7) is 6.65. The lowest BCUT2D eigenvalue weighted by Crippen LogP contribution is -2.38. The van der Waals surface area contributed by atoms with Crippen LogP contribution in [0.3, 0.4) is 0 Å². The van der Waals surface area contributed by atoms with E-state index in [1.54, 1.807) is 0 Å². The molecular weight excluding hydrogens is 322 g/mol. The highest BCUT2D eigenvalue weighted by atomic mass is 16.5. The van der Waals surface area contributed by atoms with Crippen molar-refractivity contribution in [2.45, 2.75) is 58.3 Å². The number of carboxylic acids is 1. The largest absolute Gasteiger partial charge is 0.494 e. The minimum Gasteiger partial charge on any atom is -0.494 e. The van der Waals surface area contributed by atoms with Gasteiger partial charge in [0.05, 0.1) is 12.6 Å². The predicted octanol–water partition coefficient (Wildman–Crippen LogP) is 2.92. The van der Waals surface area contributed by atoms with Gasteiger partial charge in [0.2, 0.25) is 5.91 Å². The lowest BCUT2D eigenvalue weighted by atomic mass is 9.96. The van der Waals surface area contributed by atoms with Gasteiger partial charge in [-0.25, -0.2) is 4.79 Å². The zero-order valence-electron chi connectivity index (χ0n) is 15.0. The first-order chi connectivity index (χ1) is 11.9. The van der Waals surface area contributed by atoms with Gasteiger partial charge in [0.1, 0.15) is 11.9 Å². The summed E-state index contributed by atoms with van der Waals surface area (Å²) < 4.78 is 11.1. The van der Waals surface area contributed by atoms with Crippen LogP contribution in [0.1, 0.15) is 51.6 Å². The normalized spacial score (nSPS) is 21.1. The Bertz CT molecular complexity index is 601. The molecule has 1 heterocycles. The molecule has 0 aromatic heterocycles. The number of nitrogens with one attached hydrogen (secondary N) is 1. The van der Waals surface area contributed by atoms with Gasteiger partial charge in [0.25, 0.3) is 0 Å². The van der Waals surface area contributed by atoms with E-state index in [-0.39, 0.29) is 11.9 Å². The van der Waals surface area contributed by atoms with Crippen molar-refractivity contribution < 1.29 is 24.2 Å². The van der Waals surface area contributed by atoms with Crippen LogP contribution < -0.4 is 10.1 Å². The van der Waals surface area contributed by atoms with Crippen molar-refractivity contribution in [3.8, 4) is 5.75 Å². The molecule has 0 saturated carbocycles. The molecule has 2 rings (SSSR count). The Labute approximate surface area is 148 Å². The Morgan fingerprint density at radius 1 is 1.28 bits per heavy atom. The van der Waals surface area contributed by atoms with E-state index in [2.05, 4.69) is 19.2 Å². The third kappa shape index (κ3) is 5.19. The van der Waals surface area contributed by atoms with Gasteiger partial charge in [0.15, 0.2) is 6.10 Å². The summed E-state index contributed by atoms with van der Waals surface area (Å²) in [5, 5.41) is 12.0. The van der Waals surface area contributed by atoms with Gasteiger partial charge in [-0.05, 0) is 38.2 Å². The van der Waals surface area contributed by atoms with Crippen molar-refractivity contribution in [3.05, 3.63) is 29.8 Å². The first-order valence-electron chi connectivity index (χ1n) is 8.82. The summed E-state index contributed by atoms with van der Waals surface area (Å²) in [6, 6.07) is 7.46. The standard InChI is InChI=1S/C19H27NO5/c1-4-24-15-8-6-5-7-13(15)14(11-12(2)3)20-18(21)16-9-10-17(25-16)19(22)23/h5-8,12,14,16-17H,4,9-11H2,1-3H3,(H,20,21)(H,22,23)/t14?,16-,17+/m0/s1. The highest BCUT2D eigenvalue weighted by molar-refractivity contribution is 5.83. The van der Waals surface area contributed by atoms with E-state index in [9.17, 15) is 9.59 Å². The molecule has 0 bridgehead atoms. The third-order valence-electron chi connectivity index (χ3n) is 4.21. The van der Waals surface area contributed by atoms with E-state index >= 15 is 0 Å². The number of rotatable bonds is 8. The Kier molecular flexibility index (Phi) is 6.82. The molecule has 6 nitrogen and oxygen atoms in total. The molecular formula is C19H27NO5. The van der Waals surface area contributed by atoms with Gasteiger partial charge in [-0.15, -0.1) is 0 Å². The number of benzene rings is 1. The van der Waals surface area contributed by atoms with Crippen molar-refractivity contribution >= 4 is 11.9 Å². The molecule has 2 N–H and O–H groups in total. The van der Waals surface area contributed by atoms with Crippen LogP contribution in [0.4, 0.5) is 0 Å². The second kappa shape index (κ2) is 8.85. The fourth-order valence-electron chi connectivity index (χ4n) is 3.07. The number of carbonyl (C=O) groups is 2. The second-order valence-electron chi connectivity index (χ2n) is 6.69. The van der Waals surface area contributed by atoms with Crippen molar-refractivity contribution in [3.63, 3.8) is 0 Å². The Morgan fingerprint density at radius 3 is 2.56 bits per heavy atom. The average Bonchev–Trinajstić information content (AvgIpc) is 3.05. The monoisotopic (exact) mass is 349 g/mol. The lowest BCUT2D eigenvalue weighted by Gasteiger charge is -2.24. The maximum atomic E-state index is 12.6. The van der Waals surface area contributed by atoms with Gasteiger partial charge in [-0.3, -0.25) is 4.79 Å². The molecule has 1 aliphatic rings. The molecule has 1 aromatic carbocycles. The molecule has 3 atom stereocenters. The van der Waals surface area contributed by atoms with Crippen LogP contribution >= 0.6 is 0 Å². The number of hydrogen-bond acceptors (Lipinski definition) is 4. The molecule has 25 heavy (non-hydrogen) atoms. The molecule has 138 valence electrons. The Hall–Kier alpha value is -2.08. The summed E-state index contributed by atoms with van der Waals surface area (Å²) in [6.07, 6.45) is -0.0717. The molecule has 0 spiro atoms. The minimum absolute atomic E-state index is 0.206. The van der Waals surface area contributed by atoms with Crippen molar-refractivity contribution in [2.75, 3.05) is 6.61 Å². The summed E-state index contributed by atoms with van der Waals surface area (Å²) in [4.78, 5) is 23.6. The highest BCUT2D eigenvalue weighted by Gasteiger charge is 2.35. The van der Waals surface area contributed by atoms with Gasteiger partial charge < -0.3 is 19.9 Å². The van der Waals surface area contributed by atoms with Crippen LogP contribution in [0.2, 0.25) is 0 Å². The summed E-state index contributed by atoms with van der Waals surface area (Å²) in [7, 11) is 0. The van der Waals surface area contributed by atoms with E-state index in [1.807, 2.05) is 31.2 Å². The van der Waals surface area contributed by atoms with Crippen LogP contribution in [0, 0.1) is 5.92 Å². The van der Waals surface area contributed by atoms with E-state index in [4.69, 9.17) is 14.6 Å². The van der Waals surface area contributed by atoms with Gasteiger partial charge in [0, 0.05) is 5.56 Å². The quantitative estimate of drug-likeness (QED) is 0.754. The molecule has 1 fully saturated rings. The topological polar surface area (TPSA) is 84.9 Å². The first kappa shape index (κ1) is 19.2. The number of hydrogen-bond donors (Lipinski definition) is 2. The van der Waals surface area contributed by atoms with E-state index < -0.39 is 18.2 Å². The van der Waals surface area contributed by atoms with Gasteiger partial charge >= 0.3 is 5.97 Å². The maximum absolute atomic E-state index is 12.6. The molecule has 6 heteroatoms. The van der Waals surface area contributed by atoms with Crippen molar-refractivity contribution in [2.24, 2.45) is 5.92 Å². The van der Waals surface area contributed by atoms with Crippen LogP contribution in [0.25, 0.3) is 0 Å². The lowest BCUT2D eigenvalue weighted by molar-refractivity contribution is -0.151. The Balaban J connectivity index is 2.13. The zero-order valence-corrected chi connectivity index (χ0v) is 15.0. The van der Waals surface area contributed by atoms with E-state index in [0.717, 1.165) is 17.7 Å². The number of carbonyl (C=O) groups excluding carboxylic acids is 1. The van der Waals surface area contributed by atoms with Crippen LogP contribution in [0.15, 0.2) is 24.3 Å². The molecule has 1 saturated heterocycles. The van der Waals surface area contributed by atoms with Crippen LogP contribution in [-0.4, -0.2) is 35.8 Å². The fraction of sp³-hybridized carbons (Fsp3) is 0.579. The van der Waals surface area contributed by atoms with E-state index in [1.165, 1.54) is 0 Å². The second-order valence-corrected chi connectivity index (χ2v) is 6.69. The van der Waals surface area contributed by atoms with Crippen molar-refractivity contribution in [1.29, 1.82) is 0 Å².